The Hall–Kier alpha value is -1.43. The second-order valence-corrected chi connectivity index (χ2v) is 4.38. The van der Waals surface area contributed by atoms with Crippen LogP contribution in [0, 0.1) is 0 Å². The van der Waals surface area contributed by atoms with Crippen molar-refractivity contribution >= 4 is 23.3 Å². The number of hydrogen-bond acceptors (Lipinski definition) is 4. The molecule has 1 aliphatic rings. The van der Waals surface area contributed by atoms with Crippen LogP contribution in [0.4, 0.5) is 14.5 Å². The molecule has 2 heterocycles. The van der Waals surface area contributed by atoms with Crippen LogP contribution >= 0.6 is 11.6 Å². The van der Waals surface area contributed by atoms with E-state index in [1.165, 1.54) is 24.1 Å². The first-order valence-corrected chi connectivity index (χ1v) is 5.68. The van der Waals surface area contributed by atoms with Crippen LogP contribution in [-0.4, -0.2) is 37.1 Å². The van der Waals surface area contributed by atoms with E-state index in [0.29, 0.717) is 5.69 Å². The van der Waals surface area contributed by atoms with Crippen LogP contribution in [0.3, 0.4) is 0 Å². The number of halogens is 3. The fraction of sp³-hybridized carbons (Fsp3) is 0.455. The van der Waals surface area contributed by atoms with Crippen molar-refractivity contribution in [1.29, 1.82) is 0 Å². The van der Waals surface area contributed by atoms with Gasteiger partial charge in [-0.1, -0.05) is 11.6 Å². The molecular weight excluding hydrogens is 266 g/mol. The second kappa shape index (κ2) is 4.68. The highest BCUT2D eigenvalue weighted by molar-refractivity contribution is 6.32. The van der Waals surface area contributed by atoms with Crippen LogP contribution in [0.2, 0.25) is 5.15 Å². The number of nitrogens with zero attached hydrogens (tertiary/aromatic N) is 2. The van der Waals surface area contributed by atoms with Crippen LogP contribution in [0.5, 0.6) is 0 Å². The number of rotatable bonds is 2. The monoisotopic (exact) mass is 276 g/mol. The van der Waals surface area contributed by atoms with Gasteiger partial charge < -0.3 is 9.64 Å². The second-order valence-electron chi connectivity index (χ2n) is 4.03. The summed E-state index contributed by atoms with van der Waals surface area (Å²) >= 11 is 5.90. The molecule has 0 N–H and O–H groups in total. The van der Waals surface area contributed by atoms with Crippen molar-refractivity contribution in [3.63, 3.8) is 0 Å². The largest absolute Gasteiger partial charge is 0.464 e. The number of esters is 1. The minimum atomic E-state index is -2.70. The highest BCUT2D eigenvalue weighted by atomic mass is 35.5. The number of pyridine rings is 1. The van der Waals surface area contributed by atoms with Gasteiger partial charge in [-0.2, -0.15) is 0 Å². The molecule has 1 aliphatic heterocycles. The summed E-state index contributed by atoms with van der Waals surface area (Å²) in [7, 11) is 1.23. The molecule has 1 saturated heterocycles. The summed E-state index contributed by atoms with van der Waals surface area (Å²) in [6.07, 6.45) is -0.206. The lowest BCUT2D eigenvalue weighted by molar-refractivity contribution is 0.0257. The molecule has 0 spiro atoms. The van der Waals surface area contributed by atoms with E-state index in [0.717, 1.165) is 0 Å². The van der Waals surface area contributed by atoms with E-state index in [4.69, 9.17) is 11.6 Å². The van der Waals surface area contributed by atoms with Crippen molar-refractivity contribution in [2.45, 2.75) is 12.3 Å². The van der Waals surface area contributed by atoms with Gasteiger partial charge in [-0.3, -0.25) is 0 Å². The molecule has 4 nitrogen and oxygen atoms in total. The first kappa shape index (κ1) is 13.0. The normalized spacial score (nSPS) is 17.9. The van der Waals surface area contributed by atoms with Crippen molar-refractivity contribution in [3.8, 4) is 0 Å². The number of ether oxygens (including phenoxy) is 1. The lowest BCUT2D eigenvalue weighted by atomic mass is 10.3. The number of anilines is 1. The van der Waals surface area contributed by atoms with Crippen molar-refractivity contribution in [3.05, 3.63) is 23.0 Å². The highest BCUT2D eigenvalue weighted by Crippen LogP contribution is 2.33. The molecule has 0 unspecified atom stereocenters. The maximum atomic E-state index is 13.1. The smallest absolute Gasteiger partial charge is 0.356 e. The predicted octanol–water partition coefficient (Wildman–Crippen LogP) is 2.37. The molecule has 1 aromatic heterocycles. The summed E-state index contributed by atoms with van der Waals surface area (Å²) in [5.74, 6) is -3.32. The quantitative estimate of drug-likeness (QED) is 0.614. The van der Waals surface area contributed by atoms with Gasteiger partial charge in [0.05, 0.1) is 19.3 Å². The molecule has 0 saturated carbocycles. The Bertz CT molecular complexity index is 482. The van der Waals surface area contributed by atoms with Gasteiger partial charge in [0, 0.05) is 13.0 Å². The van der Waals surface area contributed by atoms with E-state index in [1.54, 1.807) is 0 Å². The summed E-state index contributed by atoms with van der Waals surface area (Å²) in [5.41, 5.74) is 0.457. The Labute approximate surface area is 108 Å². The van der Waals surface area contributed by atoms with Gasteiger partial charge in [-0.15, -0.1) is 0 Å². The predicted molar refractivity (Wildman–Crippen MR) is 62.4 cm³/mol. The van der Waals surface area contributed by atoms with Crippen LogP contribution < -0.4 is 4.90 Å². The van der Waals surface area contributed by atoms with Crippen LogP contribution in [0.15, 0.2) is 12.1 Å². The lowest BCUT2D eigenvalue weighted by Gasteiger charge is -2.19. The third-order valence-electron chi connectivity index (χ3n) is 2.73. The van der Waals surface area contributed by atoms with Crippen molar-refractivity contribution in [2.24, 2.45) is 0 Å². The number of carbonyl (C=O) groups is 1. The van der Waals surface area contributed by atoms with Crippen molar-refractivity contribution < 1.29 is 18.3 Å². The third-order valence-corrected chi connectivity index (χ3v) is 3.01. The molecule has 1 fully saturated rings. The molecule has 2 rings (SSSR count). The SMILES string of the molecule is COC(=O)c1ccc(N2CCC(F)(F)C2)c(Cl)n1. The zero-order valence-corrected chi connectivity index (χ0v) is 10.4. The third kappa shape index (κ3) is 2.53. The van der Waals surface area contributed by atoms with Crippen LogP contribution in [0.1, 0.15) is 16.9 Å². The first-order valence-electron chi connectivity index (χ1n) is 5.30. The molecule has 98 valence electrons. The van der Waals surface area contributed by atoms with Gasteiger partial charge >= 0.3 is 5.97 Å². The van der Waals surface area contributed by atoms with E-state index in [1.807, 2.05) is 0 Å². The van der Waals surface area contributed by atoms with E-state index in [-0.39, 0.29) is 30.4 Å². The van der Waals surface area contributed by atoms with Gasteiger partial charge in [0.2, 0.25) is 0 Å². The van der Waals surface area contributed by atoms with Crippen LogP contribution in [0.25, 0.3) is 0 Å². The topological polar surface area (TPSA) is 42.4 Å². The van der Waals surface area contributed by atoms with Gasteiger partial charge in [-0.25, -0.2) is 18.6 Å². The summed E-state index contributed by atoms with van der Waals surface area (Å²) < 4.78 is 30.7. The standard InChI is InChI=1S/C11H11ClF2N2O2/c1-18-10(17)7-2-3-8(9(12)15-7)16-5-4-11(13,14)6-16/h2-3H,4-6H2,1H3. The lowest BCUT2D eigenvalue weighted by Crippen LogP contribution is -2.25. The molecule has 0 bridgehead atoms. The molecule has 0 aromatic carbocycles. The average Bonchev–Trinajstić information content (AvgIpc) is 2.68. The summed E-state index contributed by atoms with van der Waals surface area (Å²) in [6.45, 7) is -0.169. The summed E-state index contributed by atoms with van der Waals surface area (Å²) in [5, 5.41) is 0.0237. The number of alkyl halides is 2. The van der Waals surface area contributed by atoms with Gasteiger partial charge in [0.25, 0.3) is 5.92 Å². The van der Waals surface area contributed by atoms with Crippen LogP contribution in [-0.2, 0) is 4.74 Å². The minimum Gasteiger partial charge on any atom is -0.464 e. The Kier molecular flexibility index (Phi) is 3.38. The fourth-order valence-corrected chi connectivity index (χ4v) is 2.10. The molecule has 0 radical (unpaired) electrons. The molecule has 0 amide bonds. The average molecular weight is 277 g/mol. The van der Waals surface area contributed by atoms with E-state index in [9.17, 15) is 13.6 Å². The fourth-order valence-electron chi connectivity index (χ4n) is 1.82. The number of aromatic nitrogens is 1. The van der Waals surface area contributed by atoms with Gasteiger partial charge in [0.15, 0.2) is 5.15 Å². The maximum Gasteiger partial charge on any atom is 0.356 e. The zero-order chi connectivity index (χ0) is 13.3. The summed E-state index contributed by atoms with van der Waals surface area (Å²) in [6, 6.07) is 2.91. The maximum absolute atomic E-state index is 13.1. The molecule has 0 aliphatic carbocycles. The zero-order valence-electron chi connectivity index (χ0n) is 9.62. The van der Waals surface area contributed by atoms with E-state index < -0.39 is 11.9 Å². The number of carbonyl (C=O) groups excluding carboxylic acids is 1. The number of hydrogen-bond donors (Lipinski definition) is 0. The van der Waals surface area contributed by atoms with Crippen molar-refractivity contribution in [2.75, 3.05) is 25.1 Å². The highest BCUT2D eigenvalue weighted by Gasteiger charge is 2.39. The Morgan fingerprint density at radius 3 is 2.78 bits per heavy atom. The van der Waals surface area contributed by atoms with Gasteiger partial charge in [-0.05, 0) is 12.1 Å². The van der Waals surface area contributed by atoms with Crippen molar-refractivity contribution in [1.82, 2.24) is 4.98 Å². The Morgan fingerprint density at radius 2 is 2.28 bits per heavy atom. The first-order chi connectivity index (χ1) is 8.43. The van der Waals surface area contributed by atoms with E-state index in [2.05, 4.69) is 9.72 Å². The van der Waals surface area contributed by atoms with E-state index >= 15 is 0 Å². The molecular formula is C11H11ClF2N2O2. The summed E-state index contributed by atoms with van der Waals surface area (Å²) in [4.78, 5) is 16.5. The molecule has 7 heteroatoms. The molecule has 1 aromatic rings. The number of methoxy groups -OCH3 is 1. The minimum absolute atomic E-state index is 0.0237. The molecule has 0 atom stereocenters. The Balaban J connectivity index is 2.23. The molecule has 18 heavy (non-hydrogen) atoms. The van der Waals surface area contributed by atoms with Gasteiger partial charge in [0.1, 0.15) is 5.69 Å². The Morgan fingerprint density at radius 1 is 1.56 bits per heavy atom.